The fourth-order valence-electron chi connectivity index (χ4n) is 3.99. The van der Waals surface area contributed by atoms with E-state index in [1.165, 1.54) is 0 Å². The molecular formula is C23H32N4O3S. The number of pyridine rings is 1. The van der Waals surface area contributed by atoms with Gasteiger partial charge in [-0.2, -0.15) is 0 Å². The number of fused-ring (bicyclic) bond motifs is 1. The Balaban J connectivity index is 0.00000132. The van der Waals surface area contributed by atoms with Crippen LogP contribution in [0.1, 0.15) is 65.7 Å². The van der Waals surface area contributed by atoms with Crippen molar-refractivity contribution in [1.29, 1.82) is 0 Å². The lowest BCUT2D eigenvalue weighted by Gasteiger charge is -2.24. The number of aromatic nitrogens is 2. The molecule has 2 aromatic rings. The third-order valence-corrected chi connectivity index (χ3v) is 6.30. The highest BCUT2D eigenvalue weighted by Gasteiger charge is 2.31. The van der Waals surface area contributed by atoms with Crippen molar-refractivity contribution in [1.82, 2.24) is 19.8 Å². The van der Waals surface area contributed by atoms with Crippen LogP contribution in [0.25, 0.3) is 0 Å². The second-order valence-corrected chi connectivity index (χ2v) is 8.30. The average Bonchev–Trinajstić information content (AvgIpc) is 3.42. The topological polar surface area (TPSA) is 76.5 Å². The van der Waals surface area contributed by atoms with Crippen LogP contribution >= 0.6 is 11.8 Å². The first-order valence-electron chi connectivity index (χ1n) is 11.0. The Bertz CT molecular complexity index is 910. The Kier molecular flexibility index (Phi) is 8.15. The SMILES string of the molecule is CC.CSc1ccc(CNC(=O)c2cc(C(=O)N3CCCC3C)n3c2COCC3)cn1. The van der Waals surface area contributed by atoms with Crippen molar-refractivity contribution in [3.63, 3.8) is 0 Å². The van der Waals surface area contributed by atoms with Crippen molar-refractivity contribution in [3.05, 3.63) is 46.9 Å². The molecule has 7 nitrogen and oxygen atoms in total. The van der Waals surface area contributed by atoms with Gasteiger partial charge in [-0.15, -0.1) is 11.8 Å². The van der Waals surface area contributed by atoms with Crippen LogP contribution in [0.2, 0.25) is 0 Å². The predicted octanol–water partition coefficient (Wildman–Crippen LogP) is 3.72. The van der Waals surface area contributed by atoms with Crippen LogP contribution in [0.5, 0.6) is 0 Å². The molecule has 1 saturated heterocycles. The lowest BCUT2D eigenvalue weighted by atomic mass is 10.2. The molecule has 0 bridgehead atoms. The number of ether oxygens (including phenoxy) is 1. The molecule has 0 aromatic carbocycles. The summed E-state index contributed by atoms with van der Waals surface area (Å²) in [4.78, 5) is 32.3. The molecule has 1 N–H and O–H groups in total. The molecule has 1 unspecified atom stereocenters. The molecule has 8 heteroatoms. The normalized spacial score (nSPS) is 17.5. The maximum atomic E-state index is 13.1. The molecule has 4 rings (SSSR count). The first-order chi connectivity index (χ1) is 15.1. The molecule has 168 valence electrons. The molecule has 4 heterocycles. The summed E-state index contributed by atoms with van der Waals surface area (Å²) < 4.78 is 7.54. The van der Waals surface area contributed by atoms with E-state index in [1.54, 1.807) is 24.0 Å². The van der Waals surface area contributed by atoms with Crippen LogP contribution in [0.15, 0.2) is 29.4 Å². The van der Waals surface area contributed by atoms with Crippen molar-refractivity contribution < 1.29 is 14.3 Å². The molecule has 0 aliphatic carbocycles. The van der Waals surface area contributed by atoms with Crippen LogP contribution in [0.3, 0.4) is 0 Å². The van der Waals surface area contributed by atoms with Crippen molar-refractivity contribution in [2.75, 3.05) is 19.4 Å². The van der Waals surface area contributed by atoms with E-state index in [1.807, 2.05) is 41.7 Å². The van der Waals surface area contributed by atoms with Gasteiger partial charge in [-0.05, 0) is 43.7 Å². The minimum atomic E-state index is -0.193. The minimum absolute atomic E-state index is 0.00838. The molecule has 0 saturated carbocycles. The van der Waals surface area contributed by atoms with Gasteiger partial charge in [-0.3, -0.25) is 9.59 Å². The molecule has 31 heavy (non-hydrogen) atoms. The number of hydrogen-bond acceptors (Lipinski definition) is 5. The van der Waals surface area contributed by atoms with Gasteiger partial charge in [-0.25, -0.2) is 4.98 Å². The van der Waals surface area contributed by atoms with Gasteiger partial charge in [0.15, 0.2) is 0 Å². The van der Waals surface area contributed by atoms with Crippen LogP contribution in [-0.2, 0) is 24.4 Å². The number of nitrogens with one attached hydrogen (secondary N) is 1. The maximum absolute atomic E-state index is 13.1. The molecule has 0 spiro atoms. The first-order valence-corrected chi connectivity index (χ1v) is 12.2. The zero-order chi connectivity index (χ0) is 22.4. The summed E-state index contributed by atoms with van der Waals surface area (Å²) in [6.07, 6.45) is 5.80. The summed E-state index contributed by atoms with van der Waals surface area (Å²) >= 11 is 1.58. The van der Waals surface area contributed by atoms with Crippen molar-refractivity contribution in [2.45, 2.75) is 64.4 Å². The summed E-state index contributed by atoms with van der Waals surface area (Å²) in [5.74, 6) is -0.184. The van der Waals surface area contributed by atoms with Crippen LogP contribution < -0.4 is 5.32 Å². The summed E-state index contributed by atoms with van der Waals surface area (Å²) in [6.45, 7) is 8.72. The summed E-state index contributed by atoms with van der Waals surface area (Å²) in [5.41, 5.74) is 2.82. The molecule has 1 fully saturated rings. The number of amides is 2. The van der Waals surface area contributed by atoms with E-state index in [0.29, 0.717) is 37.6 Å². The number of nitrogens with zero attached hydrogens (tertiary/aromatic N) is 3. The molecule has 2 aliphatic heterocycles. The van der Waals surface area contributed by atoms with E-state index in [2.05, 4.69) is 17.2 Å². The Hall–Kier alpha value is -2.32. The number of thioether (sulfide) groups is 1. The van der Waals surface area contributed by atoms with Gasteiger partial charge in [-0.1, -0.05) is 19.9 Å². The number of likely N-dealkylation sites (tertiary alicyclic amines) is 1. The molecular weight excluding hydrogens is 412 g/mol. The number of carbonyl (C=O) groups excluding carboxylic acids is 2. The highest BCUT2D eigenvalue weighted by molar-refractivity contribution is 7.98. The highest BCUT2D eigenvalue weighted by Crippen LogP contribution is 2.25. The van der Waals surface area contributed by atoms with Gasteiger partial charge in [0, 0.05) is 31.9 Å². The summed E-state index contributed by atoms with van der Waals surface area (Å²) in [5, 5.41) is 3.90. The Morgan fingerprint density at radius 3 is 2.74 bits per heavy atom. The number of hydrogen-bond donors (Lipinski definition) is 1. The molecule has 2 amide bonds. The van der Waals surface area contributed by atoms with Gasteiger partial charge >= 0.3 is 0 Å². The molecule has 2 aromatic heterocycles. The monoisotopic (exact) mass is 444 g/mol. The molecule has 0 radical (unpaired) electrons. The van der Waals surface area contributed by atoms with Gasteiger partial charge in [0.25, 0.3) is 11.8 Å². The number of carbonyl (C=O) groups is 2. The van der Waals surface area contributed by atoms with E-state index in [0.717, 1.165) is 35.7 Å². The van der Waals surface area contributed by atoms with Gasteiger partial charge in [0.2, 0.25) is 0 Å². The second-order valence-electron chi connectivity index (χ2n) is 7.48. The maximum Gasteiger partial charge on any atom is 0.270 e. The van der Waals surface area contributed by atoms with Crippen LogP contribution in [0, 0.1) is 0 Å². The number of rotatable bonds is 5. The first kappa shape index (κ1) is 23.3. The summed E-state index contributed by atoms with van der Waals surface area (Å²) in [6, 6.07) is 5.87. The van der Waals surface area contributed by atoms with E-state index in [-0.39, 0.29) is 17.9 Å². The fourth-order valence-corrected chi connectivity index (χ4v) is 4.36. The lowest BCUT2D eigenvalue weighted by Crippen LogP contribution is -2.35. The fraction of sp³-hybridized carbons (Fsp3) is 0.522. The largest absolute Gasteiger partial charge is 0.373 e. The van der Waals surface area contributed by atoms with E-state index in [9.17, 15) is 9.59 Å². The lowest BCUT2D eigenvalue weighted by molar-refractivity contribution is 0.0684. The van der Waals surface area contributed by atoms with Crippen molar-refractivity contribution in [2.24, 2.45) is 0 Å². The minimum Gasteiger partial charge on any atom is -0.373 e. The smallest absolute Gasteiger partial charge is 0.270 e. The van der Waals surface area contributed by atoms with Crippen LogP contribution in [0.4, 0.5) is 0 Å². The highest BCUT2D eigenvalue weighted by atomic mass is 32.2. The van der Waals surface area contributed by atoms with E-state index >= 15 is 0 Å². The van der Waals surface area contributed by atoms with Crippen molar-refractivity contribution in [3.8, 4) is 0 Å². The third kappa shape index (κ3) is 5.13. The van der Waals surface area contributed by atoms with Gasteiger partial charge in [0.1, 0.15) is 5.69 Å². The molecule has 2 aliphatic rings. The zero-order valence-electron chi connectivity index (χ0n) is 18.8. The predicted molar refractivity (Wildman–Crippen MR) is 122 cm³/mol. The van der Waals surface area contributed by atoms with E-state index in [4.69, 9.17) is 4.74 Å². The Labute approximate surface area is 188 Å². The van der Waals surface area contributed by atoms with Crippen molar-refractivity contribution >= 4 is 23.6 Å². The zero-order valence-corrected chi connectivity index (χ0v) is 19.6. The van der Waals surface area contributed by atoms with Crippen LogP contribution in [-0.4, -0.2) is 51.7 Å². The third-order valence-electron chi connectivity index (χ3n) is 5.64. The average molecular weight is 445 g/mol. The quantitative estimate of drug-likeness (QED) is 0.712. The van der Waals surface area contributed by atoms with Gasteiger partial charge in [0.05, 0.1) is 29.5 Å². The molecule has 1 atom stereocenters. The summed E-state index contributed by atoms with van der Waals surface area (Å²) in [7, 11) is 0. The Morgan fingerprint density at radius 1 is 1.29 bits per heavy atom. The van der Waals surface area contributed by atoms with E-state index < -0.39 is 0 Å². The second kappa shape index (κ2) is 10.8. The van der Waals surface area contributed by atoms with Gasteiger partial charge < -0.3 is 19.5 Å². The Morgan fingerprint density at radius 2 is 2.10 bits per heavy atom. The standard InChI is InChI=1S/C21H26N4O3S.C2H6/c1-14-4-3-7-24(14)21(27)17-10-16(18-13-28-9-8-25(17)18)20(26)23-12-15-5-6-19(29-2)22-11-15;1-2/h5-6,10-11,14H,3-4,7-9,12-13H2,1-2H3,(H,23,26);1-2H3.